The number of halogens is 2. The lowest BCUT2D eigenvalue weighted by Gasteiger charge is -2.35. The molecule has 9 nitrogen and oxygen atoms in total. The molecule has 0 spiro atoms. The lowest BCUT2D eigenvalue weighted by atomic mass is 9.67. The number of fused-ring (bicyclic) bond motifs is 3. The molecule has 0 amide bonds. The quantitative estimate of drug-likeness (QED) is 0.256. The number of hydrogen-bond acceptors (Lipinski definition) is 6. The van der Waals surface area contributed by atoms with Crippen LogP contribution in [0.15, 0.2) is 43.0 Å². The lowest BCUT2D eigenvalue weighted by Crippen LogP contribution is -2.36. The summed E-state index contributed by atoms with van der Waals surface area (Å²) in [6.07, 6.45) is 10.2. The Labute approximate surface area is 234 Å². The van der Waals surface area contributed by atoms with E-state index >= 15 is 0 Å². The van der Waals surface area contributed by atoms with Crippen molar-refractivity contribution >= 4 is 34.5 Å². The molecule has 1 aromatic carbocycles. The zero-order chi connectivity index (χ0) is 26.9. The van der Waals surface area contributed by atoms with Gasteiger partial charge in [0.25, 0.3) is 0 Å². The van der Waals surface area contributed by atoms with Gasteiger partial charge in [0.15, 0.2) is 5.78 Å². The van der Waals surface area contributed by atoms with Crippen molar-refractivity contribution in [3.8, 4) is 5.69 Å². The molecule has 11 heteroatoms. The second-order valence-electron chi connectivity index (χ2n) is 10.9. The Kier molecular flexibility index (Phi) is 5.64. The number of carbonyl (C=O) groups excluding carboxylic acids is 1. The Morgan fingerprint density at radius 2 is 1.90 bits per heavy atom. The van der Waals surface area contributed by atoms with E-state index in [0.29, 0.717) is 29.5 Å². The predicted octanol–water partition coefficient (Wildman–Crippen LogP) is 5.46. The third-order valence-corrected chi connectivity index (χ3v) is 8.56. The minimum Gasteiger partial charge on any atom is -0.294 e. The molecule has 198 valence electrons. The van der Waals surface area contributed by atoms with Crippen molar-refractivity contribution in [2.45, 2.75) is 63.8 Å². The molecule has 1 fully saturated rings. The number of rotatable bonds is 6. The van der Waals surface area contributed by atoms with Gasteiger partial charge < -0.3 is 0 Å². The molecular weight excluding hydrogens is 535 g/mol. The van der Waals surface area contributed by atoms with Crippen molar-refractivity contribution in [3.05, 3.63) is 86.9 Å². The fourth-order valence-electron chi connectivity index (χ4n) is 5.75. The molecule has 1 atom stereocenters. The van der Waals surface area contributed by atoms with E-state index in [1.165, 1.54) is 0 Å². The second kappa shape index (κ2) is 8.99. The highest BCUT2D eigenvalue weighted by Gasteiger charge is 2.43. The average Bonchev–Trinajstić information content (AvgIpc) is 3.29. The number of pyridine rings is 1. The maximum atomic E-state index is 14.0. The van der Waals surface area contributed by atoms with E-state index in [-0.39, 0.29) is 22.2 Å². The van der Waals surface area contributed by atoms with Gasteiger partial charge in [-0.25, -0.2) is 18.9 Å². The molecule has 5 aromatic rings. The molecule has 39 heavy (non-hydrogen) atoms. The van der Waals surface area contributed by atoms with Crippen LogP contribution in [0.4, 0.5) is 0 Å². The van der Waals surface area contributed by atoms with Gasteiger partial charge >= 0.3 is 0 Å². The standard InChI is InChI=1S/C28H26Cl2N8O/c1-16-3-6-24-20-11-28(8-7-23(20)34-37(24)13-16,26-14-36(35-32-26)18-4-5-18)12-25(39)27-21(29)9-19(10-22(27)30)38-15-31-17(2)33-38/h3,6,9-10,13-15,18H,4-5,7-8,11-12H2,1-2H3. The van der Waals surface area contributed by atoms with Gasteiger partial charge in [-0.3, -0.25) is 4.79 Å². The van der Waals surface area contributed by atoms with Crippen LogP contribution in [0.1, 0.15) is 70.4 Å². The normalized spacial score (nSPS) is 19.0. The summed E-state index contributed by atoms with van der Waals surface area (Å²) in [4.78, 5) is 18.2. The first-order valence-corrected chi connectivity index (χ1v) is 13.9. The minimum absolute atomic E-state index is 0.122. The van der Waals surface area contributed by atoms with E-state index in [2.05, 4.69) is 39.5 Å². The predicted molar refractivity (Wildman–Crippen MR) is 147 cm³/mol. The van der Waals surface area contributed by atoms with Gasteiger partial charge in [-0.15, -0.1) is 5.10 Å². The third-order valence-electron chi connectivity index (χ3n) is 7.97. The van der Waals surface area contributed by atoms with Crippen molar-refractivity contribution < 1.29 is 4.79 Å². The van der Waals surface area contributed by atoms with Crippen molar-refractivity contribution in [2.75, 3.05) is 0 Å². The zero-order valence-electron chi connectivity index (χ0n) is 21.6. The maximum absolute atomic E-state index is 14.0. The molecule has 0 bridgehead atoms. The van der Waals surface area contributed by atoms with Crippen molar-refractivity contribution in [2.24, 2.45) is 0 Å². The summed E-state index contributed by atoms with van der Waals surface area (Å²) < 4.78 is 5.50. The van der Waals surface area contributed by atoms with E-state index in [1.54, 1.807) is 30.1 Å². The van der Waals surface area contributed by atoms with E-state index in [0.717, 1.165) is 53.7 Å². The fraction of sp³-hybridized carbons (Fsp3) is 0.357. The Morgan fingerprint density at radius 1 is 1.10 bits per heavy atom. The number of ketones is 1. The summed E-state index contributed by atoms with van der Waals surface area (Å²) in [5.74, 6) is 0.506. The van der Waals surface area contributed by atoms with Crippen LogP contribution >= 0.6 is 23.2 Å². The number of hydrogen-bond donors (Lipinski definition) is 0. The maximum Gasteiger partial charge on any atom is 0.166 e. The first-order chi connectivity index (χ1) is 18.8. The number of nitrogens with zero attached hydrogens (tertiary/aromatic N) is 8. The van der Waals surface area contributed by atoms with Crippen LogP contribution in [0.5, 0.6) is 0 Å². The average molecular weight is 561 g/mol. The van der Waals surface area contributed by atoms with E-state index in [9.17, 15) is 4.79 Å². The number of Topliss-reactive ketones (excluding diaryl/α,β-unsaturated/α-hetero) is 1. The Hall–Kier alpha value is -3.56. The second-order valence-corrected chi connectivity index (χ2v) is 11.7. The molecule has 0 radical (unpaired) electrons. The largest absolute Gasteiger partial charge is 0.294 e. The Balaban J connectivity index is 1.28. The van der Waals surface area contributed by atoms with E-state index in [1.807, 2.05) is 21.6 Å². The lowest BCUT2D eigenvalue weighted by molar-refractivity contribution is 0.0940. The smallest absolute Gasteiger partial charge is 0.166 e. The molecule has 0 aliphatic heterocycles. The summed E-state index contributed by atoms with van der Waals surface area (Å²) in [6, 6.07) is 8.02. The zero-order valence-corrected chi connectivity index (χ0v) is 23.1. The minimum atomic E-state index is -0.556. The van der Waals surface area contributed by atoms with Gasteiger partial charge in [0.1, 0.15) is 12.2 Å². The van der Waals surface area contributed by atoms with Crippen LogP contribution in [-0.4, -0.2) is 45.2 Å². The topological polar surface area (TPSA) is 95.8 Å². The van der Waals surface area contributed by atoms with Crippen LogP contribution in [0, 0.1) is 13.8 Å². The first-order valence-electron chi connectivity index (χ1n) is 13.1. The van der Waals surface area contributed by atoms with Crippen LogP contribution in [0.2, 0.25) is 10.0 Å². The SMILES string of the molecule is Cc1ccc2c3c(nn2c1)CCC(CC(=O)c1c(Cl)cc(-n2cnc(C)n2)cc1Cl)(c1cn(C2CC2)nn1)C3. The third kappa shape index (κ3) is 4.24. The van der Waals surface area contributed by atoms with Crippen molar-refractivity contribution in [1.82, 2.24) is 39.4 Å². The highest BCUT2D eigenvalue weighted by molar-refractivity contribution is 6.40. The molecule has 4 heterocycles. The van der Waals surface area contributed by atoms with Crippen molar-refractivity contribution in [1.29, 1.82) is 0 Å². The molecular formula is C28H26Cl2N8O. The van der Waals surface area contributed by atoms with Crippen LogP contribution in [-0.2, 0) is 18.3 Å². The summed E-state index contributed by atoms with van der Waals surface area (Å²) in [7, 11) is 0. The molecule has 0 N–H and O–H groups in total. The molecule has 7 rings (SSSR count). The Morgan fingerprint density at radius 3 is 2.62 bits per heavy atom. The summed E-state index contributed by atoms with van der Waals surface area (Å²) in [6.45, 7) is 3.86. The van der Waals surface area contributed by atoms with Crippen LogP contribution < -0.4 is 0 Å². The van der Waals surface area contributed by atoms with Gasteiger partial charge in [0, 0.05) is 29.8 Å². The molecule has 0 saturated heterocycles. The van der Waals surface area contributed by atoms with Gasteiger partial charge in [0.05, 0.1) is 44.2 Å². The fourth-order valence-corrected chi connectivity index (χ4v) is 6.44. The summed E-state index contributed by atoms with van der Waals surface area (Å²) >= 11 is 13.4. The highest BCUT2D eigenvalue weighted by Crippen LogP contribution is 2.44. The molecule has 4 aromatic heterocycles. The van der Waals surface area contributed by atoms with Crippen LogP contribution in [0.25, 0.3) is 11.2 Å². The van der Waals surface area contributed by atoms with Gasteiger partial charge in [0.2, 0.25) is 0 Å². The van der Waals surface area contributed by atoms with Gasteiger partial charge in [-0.1, -0.05) is 34.5 Å². The first kappa shape index (κ1) is 24.5. The number of carbonyl (C=O) groups is 1. The highest BCUT2D eigenvalue weighted by atomic mass is 35.5. The van der Waals surface area contributed by atoms with Gasteiger partial charge in [-0.05, 0) is 69.7 Å². The molecule has 2 aliphatic carbocycles. The van der Waals surface area contributed by atoms with Crippen LogP contribution in [0.3, 0.4) is 0 Å². The number of benzene rings is 1. The van der Waals surface area contributed by atoms with Crippen molar-refractivity contribution in [3.63, 3.8) is 0 Å². The molecule has 2 aliphatic rings. The summed E-state index contributed by atoms with van der Waals surface area (Å²) in [5, 5.41) is 18.8. The monoisotopic (exact) mass is 560 g/mol. The number of aromatic nitrogens is 8. The van der Waals surface area contributed by atoms with Gasteiger partial charge in [-0.2, -0.15) is 10.2 Å². The molecule has 1 unspecified atom stereocenters. The summed E-state index contributed by atoms with van der Waals surface area (Å²) in [5.41, 5.74) is 5.67. The molecule has 1 saturated carbocycles. The van der Waals surface area contributed by atoms with E-state index in [4.69, 9.17) is 28.3 Å². The van der Waals surface area contributed by atoms with E-state index < -0.39 is 5.41 Å². The number of aryl methyl sites for hydroxylation is 3. The Bertz CT molecular complexity index is 1740.